The van der Waals surface area contributed by atoms with Crippen molar-refractivity contribution in [2.75, 3.05) is 0 Å². The molecular formula is C17H26. The lowest BCUT2D eigenvalue weighted by molar-refractivity contribution is 0.586. The highest BCUT2D eigenvalue weighted by Gasteiger charge is 2.26. The average Bonchev–Trinajstić information content (AvgIpc) is 2.72. The van der Waals surface area contributed by atoms with Gasteiger partial charge in [0.25, 0.3) is 0 Å². The summed E-state index contributed by atoms with van der Waals surface area (Å²) in [6.07, 6.45) is 19.8. The fraction of sp³-hybridized carbons (Fsp3) is 0.765. The molecule has 0 aromatic rings. The number of allylic oxidation sites excluding steroid dienone is 4. The minimum Gasteiger partial charge on any atom is -0.0844 e. The molecule has 0 aromatic heterocycles. The molecular weight excluding hydrogens is 204 g/mol. The number of rotatable bonds is 0. The van der Waals surface area contributed by atoms with Crippen molar-refractivity contribution < 1.29 is 0 Å². The molecule has 1 saturated carbocycles. The van der Waals surface area contributed by atoms with E-state index in [0.717, 1.165) is 5.92 Å². The highest BCUT2D eigenvalue weighted by atomic mass is 14.3. The molecule has 0 heteroatoms. The van der Waals surface area contributed by atoms with Gasteiger partial charge in [0.15, 0.2) is 0 Å². The Morgan fingerprint density at radius 1 is 0.765 bits per heavy atom. The largest absolute Gasteiger partial charge is 0.0844 e. The van der Waals surface area contributed by atoms with Crippen molar-refractivity contribution in [1.82, 2.24) is 0 Å². The van der Waals surface area contributed by atoms with E-state index in [-0.39, 0.29) is 0 Å². The lowest BCUT2D eigenvalue weighted by atomic mass is 9.83. The Kier molecular flexibility index (Phi) is 3.68. The molecule has 0 spiro atoms. The second kappa shape index (κ2) is 5.42. The van der Waals surface area contributed by atoms with E-state index in [1.165, 1.54) is 77.0 Å². The molecule has 94 valence electrons. The van der Waals surface area contributed by atoms with Gasteiger partial charge in [-0.25, -0.2) is 0 Å². The van der Waals surface area contributed by atoms with E-state index in [9.17, 15) is 0 Å². The van der Waals surface area contributed by atoms with E-state index >= 15 is 0 Å². The number of hydrogen-bond donors (Lipinski definition) is 0. The molecule has 3 rings (SSSR count). The molecule has 0 bridgehead atoms. The fourth-order valence-corrected chi connectivity index (χ4v) is 4.16. The molecule has 17 heavy (non-hydrogen) atoms. The van der Waals surface area contributed by atoms with Crippen molar-refractivity contribution in [3.8, 4) is 0 Å². The van der Waals surface area contributed by atoms with Crippen molar-refractivity contribution in [2.45, 2.75) is 77.0 Å². The summed E-state index contributed by atoms with van der Waals surface area (Å²) in [6, 6.07) is 0. The smallest absolute Gasteiger partial charge is 0.000959 e. The van der Waals surface area contributed by atoms with Crippen molar-refractivity contribution in [3.63, 3.8) is 0 Å². The second-order valence-electron chi connectivity index (χ2n) is 6.16. The van der Waals surface area contributed by atoms with Gasteiger partial charge in [0.05, 0.1) is 0 Å². The SMILES string of the molecule is C1=C2CCCCCC2C2=C(CC1)CCCCC2. The van der Waals surface area contributed by atoms with Crippen molar-refractivity contribution in [1.29, 1.82) is 0 Å². The molecule has 0 aromatic carbocycles. The summed E-state index contributed by atoms with van der Waals surface area (Å²) in [5.74, 6) is 0.882. The third-order valence-electron chi connectivity index (χ3n) is 5.06. The van der Waals surface area contributed by atoms with E-state index in [4.69, 9.17) is 0 Å². The molecule has 0 amide bonds. The van der Waals surface area contributed by atoms with Gasteiger partial charge in [0.1, 0.15) is 0 Å². The Bertz CT molecular complexity index is 332. The summed E-state index contributed by atoms with van der Waals surface area (Å²) in [7, 11) is 0. The summed E-state index contributed by atoms with van der Waals surface area (Å²) in [5.41, 5.74) is 5.61. The van der Waals surface area contributed by atoms with E-state index in [2.05, 4.69) is 6.08 Å². The third kappa shape index (κ3) is 2.51. The van der Waals surface area contributed by atoms with Gasteiger partial charge in [-0.1, -0.05) is 42.1 Å². The van der Waals surface area contributed by atoms with Crippen LogP contribution in [0.25, 0.3) is 0 Å². The van der Waals surface area contributed by atoms with Gasteiger partial charge in [0.2, 0.25) is 0 Å². The van der Waals surface area contributed by atoms with Gasteiger partial charge in [-0.15, -0.1) is 0 Å². The Hall–Kier alpha value is -0.520. The van der Waals surface area contributed by atoms with Crippen LogP contribution in [0.3, 0.4) is 0 Å². The van der Waals surface area contributed by atoms with Crippen LogP contribution in [-0.2, 0) is 0 Å². The minimum atomic E-state index is 0.882. The van der Waals surface area contributed by atoms with Crippen LogP contribution in [0, 0.1) is 5.92 Å². The van der Waals surface area contributed by atoms with Crippen LogP contribution in [0.1, 0.15) is 77.0 Å². The molecule has 0 aliphatic heterocycles. The van der Waals surface area contributed by atoms with Gasteiger partial charge in [-0.2, -0.15) is 0 Å². The third-order valence-corrected chi connectivity index (χ3v) is 5.06. The zero-order valence-corrected chi connectivity index (χ0v) is 11.1. The first kappa shape index (κ1) is 11.6. The summed E-state index contributed by atoms with van der Waals surface area (Å²) in [4.78, 5) is 0. The normalized spacial score (nSPS) is 30.6. The first-order valence-corrected chi connectivity index (χ1v) is 7.85. The van der Waals surface area contributed by atoms with Gasteiger partial charge < -0.3 is 0 Å². The van der Waals surface area contributed by atoms with Gasteiger partial charge in [-0.05, 0) is 57.8 Å². The molecule has 3 aliphatic carbocycles. The van der Waals surface area contributed by atoms with Gasteiger partial charge in [-0.3, -0.25) is 0 Å². The summed E-state index contributed by atoms with van der Waals surface area (Å²) >= 11 is 0. The monoisotopic (exact) mass is 230 g/mol. The highest BCUT2D eigenvalue weighted by Crippen LogP contribution is 2.42. The zero-order chi connectivity index (χ0) is 11.5. The van der Waals surface area contributed by atoms with E-state index < -0.39 is 0 Å². The first-order chi connectivity index (χ1) is 8.45. The topological polar surface area (TPSA) is 0 Å². The van der Waals surface area contributed by atoms with Crippen LogP contribution in [0.15, 0.2) is 22.8 Å². The molecule has 0 nitrogen and oxygen atoms in total. The first-order valence-electron chi connectivity index (χ1n) is 7.85. The highest BCUT2D eigenvalue weighted by molar-refractivity contribution is 5.30. The maximum atomic E-state index is 2.62. The van der Waals surface area contributed by atoms with Crippen molar-refractivity contribution in [2.24, 2.45) is 5.92 Å². The van der Waals surface area contributed by atoms with Crippen LogP contribution in [-0.4, -0.2) is 0 Å². The van der Waals surface area contributed by atoms with Crippen LogP contribution in [0.5, 0.6) is 0 Å². The lowest BCUT2D eigenvalue weighted by Crippen LogP contribution is -2.07. The van der Waals surface area contributed by atoms with Crippen molar-refractivity contribution in [3.05, 3.63) is 22.8 Å². The Labute approximate surface area is 106 Å². The molecule has 1 atom stereocenters. The summed E-state index contributed by atoms with van der Waals surface area (Å²) < 4.78 is 0. The standard InChI is InChI=1S/C17H26/c1-3-8-14-10-7-11-15-9-4-2-6-13-17(15)16(14)12-5-1/h10,16H,1-9,11-13H2. The Balaban J connectivity index is 1.91. The van der Waals surface area contributed by atoms with E-state index in [0.29, 0.717) is 0 Å². The minimum absolute atomic E-state index is 0.882. The predicted molar refractivity (Wildman–Crippen MR) is 74.0 cm³/mol. The number of fused-ring (bicyclic) bond motifs is 2. The molecule has 1 unspecified atom stereocenters. The molecule has 0 N–H and O–H groups in total. The van der Waals surface area contributed by atoms with Gasteiger partial charge >= 0.3 is 0 Å². The lowest BCUT2D eigenvalue weighted by Gasteiger charge is -2.22. The molecule has 1 fully saturated rings. The Morgan fingerprint density at radius 3 is 2.59 bits per heavy atom. The van der Waals surface area contributed by atoms with Gasteiger partial charge in [0, 0.05) is 5.92 Å². The van der Waals surface area contributed by atoms with E-state index in [1.54, 1.807) is 0 Å². The Morgan fingerprint density at radius 2 is 1.59 bits per heavy atom. The van der Waals surface area contributed by atoms with Crippen LogP contribution >= 0.6 is 0 Å². The van der Waals surface area contributed by atoms with Crippen LogP contribution in [0.4, 0.5) is 0 Å². The number of hydrogen-bond acceptors (Lipinski definition) is 0. The molecule has 0 radical (unpaired) electrons. The fourth-order valence-electron chi connectivity index (χ4n) is 4.16. The average molecular weight is 230 g/mol. The van der Waals surface area contributed by atoms with Crippen molar-refractivity contribution >= 4 is 0 Å². The molecule has 3 aliphatic rings. The maximum absolute atomic E-state index is 2.62. The van der Waals surface area contributed by atoms with Crippen LogP contribution in [0.2, 0.25) is 0 Å². The second-order valence-corrected chi connectivity index (χ2v) is 6.16. The maximum Gasteiger partial charge on any atom is 0.000959 e. The quantitative estimate of drug-likeness (QED) is 0.479. The molecule has 0 heterocycles. The van der Waals surface area contributed by atoms with E-state index in [1.807, 2.05) is 16.7 Å². The molecule has 0 saturated heterocycles. The van der Waals surface area contributed by atoms with Crippen LogP contribution < -0.4 is 0 Å². The predicted octanol–water partition coefficient (Wildman–Crippen LogP) is 5.55. The summed E-state index contributed by atoms with van der Waals surface area (Å²) in [6.45, 7) is 0. The summed E-state index contributed by atoms with van der Waals surface area (Å²) in [5, 5.41) is 0. The zero-order valence-electron chi connectivity index (χ0n) is 11.1.